The van der Waals surface area contributed by atoms with Crippen LogP contribution in [0.25, 0.3) is 0 Å². The second-order valence-corrected chi connectivity index (χ2v) is 12.9. The number of piperidine rings is 1. The highest BCUT2D eigenvalue weighted by atomic mass is 32.2. The Hall–Kier alpha value is -2.78. The average Bonchev–Trinajstić information content (AvgIpc) is 2.93. The van der Waals surface area contributed by atoms with Crippen LogP contribution in [0.1, 0.15) is 49.3 Å². The Balaban J connectivity index is 1.50. The first-order chi connectivity index (χ1) is 18.0. The molecule has 1 heterocycles. The Bertz CT molecular complexity index is 1350. The topological polar surface area (TPSA) is 72.9 Å². The van der Waals surface area contributed by atoms with Gasteiger partial charge in [0.05, 0.1) is 4.90 Å². The number of benzene rings is 3. The van der Waals surface area contributed by atoms with Crippen molar-refractivity contribution in [2.75, 3.05) is 32.5 Å². The maximum atomic E-state index is 12.5. The van der Waals surface area contributed by atoms with Gasteiger partial charge < -0.3 is 15.3 Å². The summed E-state index contributed by atoms with van der Waals surface area (Å²) in [5, 5.41) is 16.3. The molecular weight excluding hydrogens is 514 g/mol. The van der Waals surface area contributed by atoms with Crippen LogP contribution in [0.5, 0.6) is 0 Å². The number of hydrogen-bond acceptors (Lipinski definition) is 4. The largest absolute Gasteiger partial charge is 0.380 e. The second kappa shape index (κ2) is 11.5. The minimum absolute atomic E-state index is 0.0272. The average molecular weight is 552 g/mol. The minimum atomic E-state index is -3.48. The molecule has 0 bridgehead atoms. The molecule has 1 aliphatic heterocycles. The van der Waals surface area contributed by atoms with Crippen molar-refractivity contribution in [3.63, 3.8) is 0 Å². The Kier molecular flexibility index (Phi) is 8.57. The first-order valence-electron chi connectivity index (χ1n) is 13.0. The van der Waals surface area contributed by atoms with Crippen LogP contribution in [0.15, 0.2) is 83.8 Å². The molecule has 1 fully saturated rings. The molecule has 0 aliphatic carbocycles. The SMILES string of the molecule is CC(C)c1ccccc1C(O)(c1ccccc1)C1CCN(C(=S)Nc2ccc(S(=O)(=O)N(C)C)cc2)CC1. The lowest BCUT2D eigenvalue weighted by Crippen LogP contribution is -2.47. The predicted octanol–water partition coefficient (Wildman–Crippen LogP) is 5.41. The van der Waals surface area contributed by atoms with E-state index < -0.39 is 15.6 Å². The van der Waals surface area contributed by atoms with Crippen LogP contribution >= 0.6 is 12.2 Å². The van der Waals surface area contributed by atoms with Crippen molar-refractivity contribution in [3.8, 4) is 0 Å². The van der Waals surface area contributed by atoms with Crippen LogP contribution in [0, 0.1) is 5.92 Å². The van der Waals surface area contributed by atoms with E-state index in [2.05, 4.69) is 36.2 Å². The highest BCUT2D eigenvalue weighted by Crippen LogP contribution is 2.44. The summed E-state index contributed by atoms with van der Waals surface area (Å²) >= 11 is 5.70. The molecule has 0 aromatic heterocycles. The van der Waals surface area contributed by atoms with E-state index >= 15 is 0 Å². The van der Waals surface area contributed by atoms with E-state index in [0.717, 1.165) is 35.2 Å². The maximum absolute atomic E-state index is 12.5. The van der Waals surface area contributed by atoms with E-state index in [0.29, 0.717) is 18.2 Å². The van der Waals surface area contributed by atoms with Crippen molar-refractivity contribution in [2.45, 2.75) is 43.1 Å². The molecule has 0 saturated carbocycles. The van der Waals surface area contributed by atoms with Gasteiger partial charge in [0.15, 0.2) is 5.11 Å². The van der Waals surface area contributed by atoms with Crippen molar-refractivity contribution < 1.29 is 13.5 Å². The van der Waals surface area contributed by atoms with Crippen LogP contribution in [0.4, 0.5) is 5.69 Å². The number of nitrogens with one attached hydrogen (secondary N) is 1. The summed E-state index contributed by atoms with van der Waals surface area (Å²) in [4.78, 5) is 2.36. The fraction of sp³-hybridized carbons (Fsp3) is 0.367. The number of anilines is 1. The number of likely N-dealkylation sites (tertiary alicyclic amines) is 1. The lowest BCUT2D eigenvalue weighted by atomic mass is 9.70. The van der Waals surface area contributed by atoms with Crippen molar-refractivity contribution in [1.29, 1.82) is 0 Å². The van der Waals surface area contributed by atoms with Gasteiger partial charge in [-0.05, 0) is 77.9 Å². The van der Waals surface area contributed by atoms with Crippen molar-refractivity contribution in [2.24, 2.45) is 5.92 Å². The van der Waals surface area contributed by atoms with Gasteiger partial charge >= 0.3 is 0 Å². The van der Waals surface area contributed by atoms with E-state index in [9.17, 15) is 13.5 Å². The van der Waals surface area contributed by atoms with Gasteiger partial charge in [-0.25, -0.2) is 12.7 Å². The van der Waals surface area contributed by atoms with Gasteiger partial charge in [0.25, 0.3) is 0 Å². The first kappa shape index (κ1) is 28.2. The van der Waals surface area contributed by atoms with Gasteiger partial charge in [0.2, 0.25) is 10.0 Å². The summed E-state index contributed by atoms with van der Waals surface area (Å²) in [5.41, 5.74) is 2.70. The molecule has 3 aromatic rings. The summed E-state index contributed by atoms with van der Waals surface area (Å²) in [6.07, 6.45) is 1.55. The Morgan fingerprint density at radius 1 is 0.974 bits per heavy atom. The Morgan fingerprint density at radius 3 is 2.13 bits per heavy atom. The standard InChI is InChI=1S/C30H37N3O3S2/c1-22(2)27-12-8-9-13-28(27)30(34,23-10-6-5-7-11-23)24-18-20-33(21-19-24)29(37)31-25-14-16-26(17-15-25)38(35,36)32(3)4/h5-17,22,24,34H,18-21H2,1-4H3,(H,31,37). The molecule has 6 nitrogen and oxygen atoms in total. The van der Waals surface area contributed by atoms with Crippen molar-refractivity contribution in [3.05, 3.63) is 95.6 Å². The number of aliphatic hydroxyl groups is 1. The Labute approximate surface area is 232 Å². The van der Waals surface area contributed by atoms with Gasteiger partial charge in [-0.1, -0.05) is 68.4 Å². The molecule has 38 heavy (non-hydrogen) atoms. The molecule has 8 heteroatoms. The molecule has 2 N–H and O–H groups in total. The summed E-state index contributed by atoms with van der Waals surface area (Å²) < 4.78 is 25.9. The number of nitrogens with zero attached hydrogens (tertiary/aromatic N) is 2. The normalized spacial score (nSPS) is 16.4. The molecule has 0 spiro atoms. The molecule has 0 radical (unpaired) electrons. The minimum Gasteiger partial charge on any atom is -0.380 e. The van der Waals surface area contributed by atoms with Crippen LogP contribution in [0.3, 0.4) is 0 Å². The third-order valence-corrected chi connectivity index (χ3v) is 9.65. The number of thiocarbonyl (C=S) groups is 1. The van der Waals surface area contributed by atoms with Gasteiger partial charge in [0.1, 0.15) is 5.60 Å². The molecule has 1 atom stereocenters. The highest BCUT2D eigenvalue weighted by Gasteiger charge is 2.43. The third kappa shape index (κ3) is 5.64. The smallest absolute Gasteiger partial charge is 0.242 e. The van der Waals surface area contributed by atoms with E-state index in [1.807, 2.05) is 42.5 Å². The molecular formula is C30H37N3O3S2. The third-order valence-electron chi connectivity index (χ3n) is 7.46. The fourth-order valence-corrected chi connectivity index (χ4v) is 6.48. The lowest BCUT2D eigenvalue weighted by Gasteiger charge is -2.44. The quantitative estimate of drug-likeness (QED) is 0.383. The predicted molar refractivity (Wildman–Crippen MR) is 158 cm³/mol. The zero-order chi connectivity index (χ0) is 27.5. The number of rotatable bonds is 7. The monoisotopic (exact) mass is 551 g/mol. The van der Waals surface area contributed by atoms with Crippen LogP contribution < -0.4 is 5.32 Å². The first-order valence-corrected chi connectivity index (χ1v) is 14.9. The lowest BCUT2D eigenvalue weighted by molar-refractivity contribution is -0.00717. The highest BCUT2D eigenvalue weighted by molar-refractivity contribution is 7.89. The summed E-state index contributed by atoms with van der Waals surface area (Å²) in [5.74, 6) is 0.316. The van der Waals surface area contributed by atoms with Gasteiger partial charge in [-0.2, -0.15) is 0 Å². The van der Waals surface area contributed by atoms with Crippen LogP contribution in [0.2, 0.25) is 0 Å². The molecule has 1 unspecified atom stereocenters. The molecule has 202 valence electrons. The maximum Gasteiger partial charge on any atom is 0.242 e. The number of sulfonamides is 1. The van der Waals surface area contributed by atoms with Crippen molar-refractivity contribution in [1.82, 2.24) is 9.21 Å². The van der Waals surface area contributed by atoms with Gasteiger partial charge in [-0.15, -0.1) is 0 Å². The Morgan fingerprint density at radius 2 is 1.55 bits per heavy atom. The van der Waals surface area contributed by atoms with Crippen LogP contribution in [-0.4, -0.2) is 55.0 Å². The van der Waals surface area contributed by atoms with E-state index in [1.165, 1.54) is 18.4 Å². The van der Waals surface area contributed by atoms with Gasteiger partial charge in [-0.3, -0.25) is 0 Å². The molecule has 1 aliphatic rings. The van der Waals surface area contributed by atoms with Gasteiger partial charge in [0, 0.05) is 32.9 Å². The van der Waals surface area contributed by atoms with Crippen LogP contribution in [-0.2, 0) is 15.6 Å². The summed E-state index contributed by atoms with van der Waals surface area (Å²) in [6.45, 7) is 5.75. The summed E-state index contributed by atoms with van der Waals surface area (Å²) in [6, 6.07) is 24.9. The zero-order valence-electron chi connectivity index (χ0n) is 22.5. The van der Waals surface area contributed by atoms with E-state index in [-0.39, 0.29) is 16.7 Å². The zero-order valence-corrected chi connectivity index (χ0v) is 24.1. The van der Waals surface area contributed by atoms with E-state index in [4.69, 9.17) is 12.2 Å². The van der Waals surface area contributed by atoms with Crippen molar-refractivity contribution >= 4 is 33.0 Å². The fourth-order valence-electron chi connectivity index (χ4n) is 5.27. The van der Waals surface area contributed by atoms with E-state index in [1.54, 1.807) is 24.3 Å². The number of hydrogen-bond donors (Lipinski definition) is 2. The molecule has 3 aromatic carbocycles. The second-order valence-electron chi connectivity index (χ2n) is 10.4. The summed E-state index contributed by atoms with van der Waals surface area (Å²) in [7, 11) is -0.450. The molecule has 0 amide bonds. The molecule has 4 rings (SSSR count). The molecule has 1 saturated heterocycles.